The summed E-state index contributed by atoms with van der Waals surface area (Å²) in [5.74, 6) is 0.724. The molecule has 0 bridgehead atoms. The fourth-order valence-electron chi connectivity index (χ4n) is 8.95. The molecule has 2 heterocycles. The molecule has 254 valence electrons. The highest BCUT2D eigenvalue weighted by Gasteiger charge is 2.37. The van der Waals surface area contributed by atoms with Crippen LogP contribution in [0.4, 0.5) is 0 Å². The Morgan fingerprint density at radius 2 is 1.07 bits per heavy atom. The van der Waals surface area contributed by atoms with Gasteiger partial charge in [0.2, 0.25) is 0 Å². The van der Waals surface area contributed by atoms with Crippen LogP contribution in [0.25, 0.3) is 97.9 Å². The lowest BCUT2D eigenvalue weighted by Crippen LogP contribution is -2.15. The Kier molecular flexibility index (Phi) is 6.80. The van der Waals surface area contributed by atoms with Crippen molar-refractivity contribution in [2.24, 2.45) is 0 Å². The molecule has 0 spiro atoms. The Morgan fingerprint density at radius 3 is 1.91 bits per heavy atom. The Bertz CT molecular complexity index is 3130. The molecule has 0 saturated heterocycles. The standard InChI is InChI=1S/C51H34N2S/c1-51(2)44-28-24-33(29-43(44)40-25-23-31-13-6-7-16-35(31)48(40)51)34-26-27-38(37-18-9-8-17-36(34)37)45-30-46(53-50(52-45)32-14-4-3-5-15-32)42-21-12-20-41-39-19-10-11-22-47(39)54-49(41)42/h3-30H,1-2H3. The van der Waals surface area contributed by atoms with Crippen molar-refractivity contribution >= 4 is 53.1 Å². The summed E-state index contributed by atoms with van der Waals surface area (Å²) in [6.45, 7) is 4.74. The van der Waals surface area contributed by atoms with E-state index in [9.17, 15) is 0 Å². The van der Waals surface area contributed by atoms with Gasteiger partial charge in [-0.2, -0.15) is 0 Å². The number of hydrogen-bond acceptors (Lipinski definition) is 3. The zero-order chi connectivity index (χ0) is 36.0. The molecular formula is C51H34N2S. The molecule has 3 heteroatoms. The minimum Gasteiger partial charge on any atom is -0.228 e. The van der Waals surface area contributed by atoms with Crippen molar-refractivity contribution < 1.29 is 0 Å². The molecule has 8 aromatic carbocycles. The van der Waals surface area contributed by atoms with Crippen LogP contribution in [0, 0.1) is 0 Å². The van der Waals surface area contributed by atoms with Gasteiger partial charge >= 0.3 is 0 Å². The van der Waals surface area contributed by atoms with E-state index < -0.39 is 0 Å². The highest BCUT2D eigenvalue weighted by molar-refractivity contribution is 7.26. The highest BCUT2D eigenvalue weighted by Crippen LogP contribution is 2.52. The summed E-state index contributed by atoms with van der Waals surface area (Å²) in [5, 5.41) is 7.56. The third-order valence-electron chi connectivity index (χ3n) is 11.5. The van der Waals surface area contributed by atoms with Gasteiger partial charge in [0.15, 0.2) is 5.82 Å². The van der Waals surface area contributed by atoms with Crippen LogP contribution in [0.3, 0.4) is 0 Å². The molecule has 0 radical (unpaired) electrons. The maximum absolute atomic E-state index is 5.28. The lowest BCUT2D eigenvalue weighted by molar-refractivity contribution is 0.666. The predicted molar refractivity (Wildman–Crippen MR) is 229 cm³/mol. The maximum atomic E-state index is 5.28. The van der Waals surface area contributed by atoms with E-state index in [-0.39, 0.29) is 5.41 Å². The van der Waals surface area contributed by atoms with Gasteiger partial charge in [-0.15, -0.1) is 11.3 Å². The second-order valence-electron chi connectivity index (χ2n) is 14.9. The molecule has 0 N–H and O–H groups in total. The molecule has 2 aromatic heterocycles. The smallest absolute Gasteiger partial charge is 0.160 e. The highest BCUT2D eigenvalue weighted by atomic mass is 32.1. The molecule has 0 atom stereocenters. The molecular weight excluding hydrogens is 673 g/mol. The molecule has 10 aromatic rings. The van der Waals surface area contributed by atoms with Crippen LogP contribution < -0.4 is 0 Å². The fraction of sp³-hybridized carbons (Fsp3) is 0.0588. The van der Waals surface area contributed by atoms with Gasteiger partial charge in [-0.25, -0.2) is 9.97 Å². The summed E-state index contributed by atoms with van der Waals surface area (Å²) in [4.78, 5) is 10.5. The first-order valence-electron chi connectivity index (χ1n) is 18.6. The van der Waals surface area contributed by atoms with Crippen molar-refractivity contribution in [2.75, 3.05) is 0 Å². The van der Waals surface area contributed by atoms with Gasteiger partial charge in [0.1, 0.15) is 0 Å². The minimum absolute atomic E-state index is 0.0860. The number of aromatic nitrogens is 2. The Labute approximate surface area is 318 Å². The molecule has 0 aliphatic heterocycles. The van der Waals surface area contributed by atoms with Crippen molar-refractivity contribution in [2.45, 2.75) is 19.3 Å². The summed E-state index contributed by atoms with van der Waals surface area (Å²) >= 11 is 1.83. The molecule has 11 rings (SSSR count). The molecule has 1 aliphatic rings. The van der Waals surface area contributed by atoms with Crippen LogP contribution in [0.15, 0.2) is 170 Å². The Balaban J connectivity index is 1.10. The first kappa shape index (κ1) is 31.1. The van der Waals surface area contributed by atoms with Gasteiger partial charge < -0.3 is 0 Å². The van der Waals surface area contributed by atoms with Gasteiger partial charge in [0, 0.05) is 42.3 Å². The third-order valence-corrected chi connectivity index (χ3v) is 12.7. The summed E-state index contributed by atoms with van der Waals surface area (Å²) in [6, 6.07) is 61.6. The molecule has 1 aliphatic carbocycles. The molecule has 0 unspecified atom stereocenters. The normalized spacial score (nSPS) is 13.1. The lowest BCUT2D eigenvalue weighted by atomic mass is 9.80. The van der Waals surface area contributed by atoms with Crippen molar-refractivity contribution in [1.82, 2.24) is 9.97 Å². The monoisotopic (exact) mass is 706 g/mol. The van der Waals surface area contributed by atoms with E-state index in [1.54, 1.807) is 0 Å². The van der Waals surface area contributed by atoms with Crippen LogP contribution in [-0.4, -0.2) is 9.97 Å². The number of nitrogens with zero attached hydrogens (tertiary/aromatic N) is 2. The topological polar surface area (TPSA) is 25.8 Å². The molecule has 54 heavy (non-hydrogen) atoms. The van der Waals surface area contributed by atoms with Gasteiger partial charge in [0.05, 0.1) is 11.4 Å². The van der Waals surface area contributed by atoms with Crippen LogP contribution in [-0.2, 0) is 5.41 Å². The summed E-state index contributed by atoms with van der Waals surface area (Å²) in [7, 11) is 0. The van der Waals surface area contributed by atoms with Crippen LogP contribution in [0.2, 0.25) is 0 Å². The maximum Gasteiger partial charge on any atom is 0.160 e. The summed E-state index contributed by atoms with van der Waals surface area (Å²) < 4.78 is 2.53. The Morgan fingerprint density at radius 1 is 0.426 bits per heavy atom. The van der Waals surface area contributed by atoms with Crippen molar-refractivity contribution in [3.8, 4) is 56.2 Å². The van der Waals surface area contributed by atoms with Crippen LogP contribution in [0.5, 0.6) is 0 Å². The van der Waals surface area contributed by atoms with E-state index in [0.29, 0.717) is 0 Å². The average molecular weight is 707 g/mol. The second kappa shape index (κ2) is 11.8. The third kappa shape index (κ3) is 4.65. The number of fused-ring (bicyclic) bond motifs is 9. The summed E-state index contributed by atoms with van der Waals surface area (Å²) in [6.07, 6.45) is 0. The number of hydrogen-bond donors (Lipinski definition) is 0. The van der Waals surface area contributed by atoms with E-state index in [1.807, 2.05) is 17.4 Å². The van der Waals surface area contributed by atoms with Crippen molar-refractivity contribution in [1.29, 1.82) is 0 Å². The lowest BCUT2D eigenvalue weighted by Gasteiger charge is -2.23. The molecule has 2 nitrogen and oxygen atoms in total. The zero-order valence-corrected chi connectivity index (χ0v) is 30.8. The second-order valence-corrected chi connectivity index (χ2v) is 16.0. The summed E-state index contributed by atoms with van der Waals surface area (Å²) in [5.41, 5.74) is 12.9. The van der Waals surface area contributed by atoms with Crippen LogP contribution >= 0.6 is 11.3 Å². The van der Waals surface area contributed by atoms with Gasteiger partial charge in [-0.05, 0) is 73.1 Å². The van der Waals surface area contributed by atoms with E-state index in [0.717, 1.165) is 33.9 Å². The number of rotatable bonds is 4. The quantitative estimate of drug-likeness (QED) is 0.182. The number of thiophene rings is 1. The van der Waals surface area contributed by atoms with E-state index in [4.69, 9.17) is 9.97 Å². The molecule has 0 amide bonds. The average Bonchev–Trinajstić information content (AvgIpc) is 3.72. The minimum atomic E-state index is -0.0860. The zero-order valence-electron chi connectivity index (χ0n) is 30.0. The van der Waals surface area contributed by atoms with Crippen molar-refractivity contribution in [3.05, 3.63) is 181 Å². The number of benzene rings is 8. The first-order valence-corrected chi connectivity index (χ1v) is 19.4. The van der Waals surface area contributed by atoms with Gasteiger partial charge in [-0.3, -0.25) is 0 Å². The Hall–Kier alpha value is -6.42. The SMILES string of the molecule is CC1(C)c2ccc(-c3ccc(-c4cc(-c5cccc6c5sc5ccccc56)nc(-c5ccccc5)n4)c4ccccc34)cc2-c2ccc3ccccc3c21. The van der Waals surface area contributed by atoms with Crippen LogP contribution in [0.1, 0.15) is 25.0 Å². The van der Waals surface area contributed by atoms with Gasteiger partial charge in [-0.1, -0.05) is 166 Å². The van der Waals surface area contributed by atoms with E-state index >= 15 is 0 Å². The predicted octanol–water partition coefficient (Wildman–Crippen LogP) is 14.1. The van der Waals surface area contributed by atoms with E-state index in [2.05, 4.69) is 178 Å². The van der Waals surface area contributed by atoms with E-state index in [1.165, 1.54) is 75.1 Å². The first-order chi connectivity index (χ1) is 26.5. The van der Waals surface area contributed by atoms with Gasteiger partial charge in [0.25, 0.3) is 0 Å². The largest absolute Gasteiger partial charge is 0.228 e. The fourth-order valence-corrected chi connectivity index (χ4v) is 10.2. The van der Waals surface area contributed by atoms with Crippen molar-refractivity contribution in [3.63, 3.8) is 0 Å². The molecule has 0 saturated carbocycles. The molecule has 0 fully saturated rings.